The molecular weight excluding hydrogens is 348 g/mol. The van der Waals surface area contributed by atoms with Crippen molar-refractivity contribution in [3.05, 3.63) is 29.3 Å². The summed E-state index contributed by atoms with van der Waals surface area (Å²) in [4.78, 5) is 30.3. The van der Waals surface area contributed by atoms with Crippen molar-refractivity contribution >= 4 is 33.4 Å². The number of hydrogen-bond donors (Lipinski definition) is 2. The van der Waals surface area contributed by atoms with E-state index in [4.69, 9.17) is 0 Å². The number of likely N-dealkylation sites (tertiary alicyclic amines) is 1. The van der Waals surface area contributed by atoms with Crippen molar-refractivity contribution in [2.45, 2.75) is 38.6 Å². The number of fused-ring (bicyclic) bond motifs is 1. The van der Waals surface area contributed by atoms with Crippen molar-refractivity contribution in [1.82, 2.24) is 20.5 Å². The summed E-state index contributed by atoms with van der Waals surface area (Å²) in [6.45, 7) is 6.22. The van der Waals surface area contributed by atoms with Crippen LogP contribution in [0.25, 0.3) is 10.2 Å². The zero-order chi connectivity index (χ0) is 18.5. The Morgan fingerprint density at radius 2 is 2.19 bits per heavy atom. The number of carbonyl (C=O) groups excluding carboxylic acids is 2. The molecule has 1 aliphatic rings. The SMILES string of the molecule is CC(=O)N[C@@H]1CCCN(CC(=O)NC[C@H](C)c2nc3ccccc3s2)C1. The van der Waals surface area contributed by atoms with Crippen LogP contribution >= 0.6 is 11.3 Å². The van der Waals surface area contributed by atoms with Crippen LogP contribution in [-0.2, 0) is 9.59 Å². The maximum absolute atomic E-state index is 12.3. The van der Waals surface area contributed by atoms with Crippen molar-refractivity contribution in [3.63, 3.8) is 0 Å². The normalized spacial score (nSPS) is 19.2. The number of hydrogen-bond acceptors (Lipinski definition) is 5. The van der Waals surface area contributed by atoms with E-state index in [-0.39, 0.29) is 23.8 Å². The standard InChI is InChI=1S/C19H26N4O2S/c1-13(19-22-16-7-3-4-8-17(16)26-19)10-20-18(25)12-23-9-5-6-15(11-23)21-14(2)24/h3-4,7-8,13,15H,5-6,9-12H2,1-2H3,(H,20,25)(H,21,24)/t13-,15+/m0/s1. The fourth-order valence-corrected chi connectivity index (χ4v) is 4.34. The van der Waals surface area contributed by atoms with Crippen LogP contribution in [-0.4, -0.2) is 53.9 Å². The third-order valence-corrected chi connectivity index (χ3v) is 5.89. The van der Waals surface area contributed by atoms with Gasteiger partial charge in [0.1, 0.15) is 0 Å². The molecule has 1 fully saturated rings. The molecule has 6 nitrogen and oxygen atoms in total. The van der Waals surface area contributed by atoms with Crippen LogP contribution in [0.15, 0.2) is 24.3 Å². The van der Waals surface area contributed by atoms with Crippen molar-refractivity contribution in [2.75, 3.05) is 26.2 Å². The second-order valence-corrected chi connectivity index (χ2v) is 8.06. The number of nitrogens with one attached hydrogen (secondary N) is 2. The Balaban J connectivity index is 1.46. The second-order valence-electron chi connectivity index (χ2n) is 7.00. The van der Waals surface area contributed by atoms with Crippen LogP contribution in [0.3, 0.4) is 0 Å². The van der Waals surface area contributed by atoms with Gasteiger partial charge in [0.2, 0.25) is 11.8 Å². The molecule has 7 heteroatoms. The Hall–Kier alpha value is -1.99. The molecule has 2 aromatic rings. The van der Waals surface area contributed by atoms with Crippen LogP contribution in [0, 0.1) is 0 Å². The van der Waals surface area contributed by atoms with Crippen molar-refractivity contribution < 1.29 is 9.59 Å². The topological polar surface area (TPSA) is 74.3 Å². The fraction of sp³-hybridized carbons (Fsp3) is 0.526. The Morgan fingerprint density at radius 1 is 1.38 bits per heavy atom. The summed E-state index contributed by atoms with van der Waals surface area (Å²) in [6, 6.07) is 8.25. The van der Waals surface area contributed by atoms with Gasteiger partial charge < -0.3 is 10.6 Å². The van der Waals surface area contributed by atoms with E-state index in [0.717, 1.165) is 36.5 Å². The van der Waals surface area contributed by atoms with Gasteiger partial charge in [-0.2, -0.15) is 0 Å². The first-order valence-electron chi connectivity index (χ1n) is 9.13. The number of aromatic nitrogens is 1. The lowest BCUT2D eigenvalue weighted by molar-refractivity contribution is -0.122. The van der Waals surface area contributed by atoms with E-state index >= 15 is 0 Å². The minimum atomic E-state index is -0.00837. The van der Waals surface area contributed by atoms with E-state index in [1.54, 1.807) is 11.3 Å². The summed E-state index contributed by atoms with van der Waals surface area (Å²) in [5, 5.41) is 7.03. The summed E-state index contributed by atoms with van der Waals surface area (Å²) in [6.07, 6.45) is 1.98. The highest BCUT2D eigenvalue weighted by Crippen LogP contribution is 2.26. The van der Waals surface area contributed by atoms with Gasteiger partial charge in [0.15, 0.2) is 0 Å². The Morgan fingerprint density at radius 3 is 2.96 bits per heavy atom. The van der Waals surface area contributed by atoms with Crippen molar-refractivity contribution in [3.8, 4) is 0 Å². The largest absolute Gasteiger partial charge is 0.354 e. The van der Waals surface area contributed by atoms with Crippen LogP contribution in [0.4, 0.5) is 0 Å². The molecule has 2 atom stereocenters. The maximum Gasteiger partial charge on any atom is 0.234 e. The number of piperidine rings is 1. The molecule has 0 bridgehead atoms. The molecule has 1 aromatic heterocycles. The smallest absolute Gasteiger partial charge is 0.234 e. The van der Waals surface area contributed by atoms with Gasteiger partial charge in [-0.05, 0) is 31.5 Å². The lowest BCUT2D eigenvalue weighted by Crippen LogP contribution is -2.50. The van der Waals surface area contributed by atoms with Gasteiger partial charge in [0.05, 0.1) is 21.8 Å². The van der Waals surface area contributed by atoms with E-state index < -0.39 is 0 Å². The molecule has 2 amide bonds. The lowest BCUT2D eigenvalue weighted by Gasteiger charge is -2.32. The zero-order valence-corrected chi connectivity index (χ0v) is 16.1. The van der Waals surface area contributed by atoms with Gasteiger partial charge in [-0.15, -0.1) is 11.3 Å². The fourth-order valence-electron chi connectivity index (χ4n) is 3.32. The molecule has 0 radical (unpaired) electrons. The molecule has 2 heterocycles. The minimum Gasteiger partial charge on any atom is -0.354 e. The summed E-state index contributed by atoms with van der Waals surface area (Å²) in [5.74, 6) is 0.206. The van der Waals surface area contributed by atoms with E-state index in [1.165, 1.54) is 11.6 Å². The van der Waals surface area contributed by atoms with Crippen LogP contribution in [0.5, 0.6) is 0 Å². The summed E-state index contributed by atoms with van der Waals surface area (Å²) < 4.78 is 1.18. The number of carbonyl (C=O) groups is 2. The zero-order valence-electron chi connectivity index (χ0n) is 15.3. The lowest BCUT2D eigenvalue weighted by atomic mass is 10.1. The number of thiazole rings is 1. The average Bonchev–Trinajstić information content (AvgIpc) is 3.03. The van der Waals surface area contributed by atoms with E-state index in [1.807, 2.05) is 18.2 Å². The van der Waals surface area contributed by atoms with Crippen molar-refractivity contribution in [2.24, 2.45) is 0 Å². The van der Waals surface area contributed by atoms with Gasteiger partial charge in [0.25, 0.3) is 0 Å². The monoisotopic (exact) mass is 374 g/mol. The molecule has 0 spiro atoms. The molecule has 0 saturated carbocycles. The predicted molar refractivity (Wildman–Crippen MR) is 104 cm³/mol. The first-order valence-corrected chi connectivity index (χ1v) is 9.94. The molecule has 1 aromatic carbocycles. The molecule has 1 saturated heterocycles. The summed E-state index contributed by atoms with van der Waals surface area (Å²) in [5.41, 5.74) is 1.02. The first-order chi connectivity index (χ1) is 12.5. The molecular formula is C19H26N4O2S. The van der Waals surface area contributed by atoms with Crippen LogP contribution in [0.1, 0.15) is 37.6 Å². The number of para-hydroxylation sites is 1. The highest BCUT2D eigenvalue weighted by molar-refractivity contribution is 7.18. The average molecular weight is 375 g/mol. The molecule has 0 unspecified atom stereocenters. The van der Waals surface area contributed by atoms with E-state index in [2.05, 4.69) is 33.5 Å². The van der Waals surface area contributed by atoms with E-state index in [0.29, 0.717) is 13.1 Å². The predicted octanol–water partition coefficient (Wildman–Crippen LogP) is 2.12. The second kappa shape index (κ2) is 8.60. The highest BCUT2D eigenvalue weighted by Gasteiger charge is 2.22. The highest BCUT2D eigenvalue weighted by atomic mass is 32.1. The Labute approximate surface area is 158 Å². The first kappa shape index (κ1) is 18.8. The minimum absolute atomic E-state index is 0.00837. The molecule has 0 aliphatic carbocycles. The molecule has 26 heavy (non-hydrogen) atoms. The molecule has 140 valence electrons. The van der Waals surface area contributed by atoms with E-state index in [9.17, 15) is 9.59 Å². The van der Waals surface area contributed by atoms with Gasteiger partial charge in [-0.25, -0.2) is 4.98 Å². The Kier molecular flexibility index (Phi) is 6.21. The summed E-state index contributed by atoms with van der Waals surface area (Å²) >= 11 is 1.69. The van der Waals surface area contributed by atoms with Gasteiger partial charge >= 0.3 is 0 Å². The van der Waals surface area contributed by atoms with Gasteiger partial charge in [-0.1, -0.05) is 19.1 Å². The Bertz CT molecular complexity index is 743. The maximum atomic E-state index is 12.3. The van der Waals surface area contributed by atoms with Crippen molar-refractivity contribution in [1.29, 1.82) is 0 Å². The summed E-state index contributed by atoms with van der Waals surface area (Å²) in [7, 11) is 0. The molecule has 2 N–H and O–H groups in total. The number of amides is 2. The van der Waals surface area contributed by atoms with Crippen LogP contribution < -0.4 is 10.6 Å². The number of rotatable bonds is 6. The van der Waals surface area contributed by atoms with Gasteiger partial charge in [-0.3, -0.25) is 14.5 Å². The number of nitrogens with zero attached hydrogens (tertiary/aromatic N) is 2. The van der Waals surface area contributed by atoms with Crippen LogP contribution in [0.2, 0.25) is 0 Å². The third kappa shape index (κ3) is 5.02. The quantitative estimate of drug-likeness (QED) is 0.812. The molecule has 1 aliphatic heterocycles. The third-order valence-electron chi connectivity index (χ3n) is 4.62. The number of benzene rings is 1. The van der Waals surface area contributed by atoms with Gasteiger partial charge in [0, 0.05) is 32.0 Å². The molecule has 3 rings (SSSR count).